The summed E-state index contributed by atoms with van der Waals surface area (Å²) in [6.45, 7) is 0.541. The zero-order valence-corrected chi connectivity index (χ0v) is 20.0. The molecule has 0 aliphatic carbocycles. The molecule has 1 aliphatic heterocycles. The van der Waals surface area contributed by atoms with E-state index in [1.807, 2.05) is 72.9 Å². The number of fused-ring (bicyclic) bond motifs is 3. The van der Waals surface area contributed by atoms with Crippen molar-refractivity contribution in [2.24, 2.45) is 4.99 Å². The quantitative estimate of drug-likeness (QED) is 0.256. The highest BCUT2D eigenvalue weighted by Gasteiger charge is 2.22. The second-order valence-electron chi connectivity index (χ2n) is 9.02. The summed E-state index contributed by atoms with van der Waals surface area (Å²) in [4.78, 5) is 9.43. The number of pyridine rings is 1. The fraction of sp³-hybridized carbons (Fsp3) is 0.0625. The number of para-hydroxylation sites is 1. The highest BCUT2D eigenvalue weighted by atomic mass is 16.5. The average molecular weight is 482 g/mol. The van der Waals surface area contributed by atoms with Crippen molar-refractivity contribution in [3.05, 3.63) is 133 Å². The standard InChI is InChI=1S/C32H23N3O2/c1-2-9-22(10-3-1)28-21-36-32(34-28)23-11-8-12-24(19-23)37-25-16-17-27-26-13-4-5-14-29(26)35(30(27)20-25)31-15-6-7-18-33-31/h1-20,28H,21H2/t28-/m1/s1. The molecule has 3 heterocycles. The van der Waals surface area contributed by atoms with Crippen LogP contribution in [0.4, 0.5) is 0 Å². The van der Waals surface area contributed by atoms with Crippen LogP contribution in [0.5, 0.6) is 11.5 Å². The van der Waals surface area contributed by atoms with Crippen molar-refractivity contribution < 1.29 is 9.47 Å². The molecular weight excluding hydrogens is 458 g/mol. The van der Waals surface area contributed by atoms with Crippen LogP contribution in [0, 0.1) is 0 Å². The molecule has 0 radical (unpaired) electrons. The molecule has 0 amide bonds. The zero-order chi connectivity index (χ0) is 24.6. The average Bonchev–Trinajstić information content (AvgIpc) is 3.58. The molecule has 5 heteroatoms. The number of hydrogen-bond acceptors (Lipinski definition) is 4. The van der Waals surface area contributed by atoms with Gasteiger partial charge in [-0.3, -0.25) is 4.57 Å². The minimum Gasteiger partial charge on any atom is -0.475 e. The molecule has 7 rings (SSSR count). The third kappa shape index (κ3) is 3.91. The van der Waals surface area contributed by atoms with E-state index in [0.29, 0.717) is 12.5 Å². The maximum absolute atomic E-state index is 6.34. The lowest BCUT2D eigenvalue weighted by atomic mass is 10.1. The van der Waals surface area contributed by atoms with Crippen molar-refractivity contribution >= 4 is 27.7 Å². The zero-order valence-electron chi connectivity index (χ0n) is 20.0. The van der Waals surface area contributed by atoms with Crippen LogP contribution < -0.4 is 4.74 Å². The SMILES string of the molecule is c1ccc([C@H]2COC(c3cccc(Oc4ccc5c6ccccc6n(-c6ccccn6)c5c4)c3)=N2)cc1. The first kappa shape index (κ1) is 21.4. The van der Waals surface area contributed by atoms with Gasteiger partial charge < -0.3 is 9.47 Å². The van der Waals surface area contributed by atoms with Gasteiger partial charge in [0.05, 0.1) is 11.0 Å². The van der Waals surface area contributed by atoms with Crippen LogP contribution in [0.2, 0.25) is 0 Å². The Morgan fingerprint density at radius 3 is 2.41 bits per heavy atom. The minimum absolute atomic E-state index is 0.0108. The van der Waals surface area contributed by atoms with Gasteiger partial charge in [-0.2, -0.15) is 0 Å². The van der Waals surface area contributed by atoms with E-state index < -0.39 is 0 Å². The van der Waals surface area contributed by atoms with Crippen LogP contribution in [0.1, 0.15) is 17.2 Å². The number of benzene rings is 4. The topological polar surface area (TPSA) is 48.6 Å². The Hall–Kier alpha value is -4.90. The highest BCUT2D eigenvalue weighted by molar-refractivity contribution is 6.09. The smallest absolute Gasteiger partial charge is 0.217 e. The van der Waals surface area contributed by atoms with E-state index in [1.54, 1.807) is 0 Å². The summed E-state index contributed by atoms with van der Waals surface area (Å²) in [7, 11) is 0. The van der Waals surface area contributed by atoms with Crippen molar-refractivity contribution in [3.63, 3.8) is 0 Å². The molecule has 0 unspecified atom stereocenters. The van der Waals surface area contributed by atoms with Crippen LogP contribution in [-0.4, -0.2) is 22.1 Å². The second kappa shape index (κ2) is 8.95. The molecule has 37 heavy (non-hydrogen) atoms. The van der Waals surface area contributed by atoms with Gasteiger partial charge >= 0.3 is 0 Å². The summed E-state index contributed by atoms with van der Waals surface area (Å²) in [5.41, 5.74) is 4.21. The van der Waals surface area contributed by atoms with Gasteiger partial charge in [0.2, 0.25) is 5.90 Å². The van der Waals surface area contributed by atoms with E-state index in [2.05, 4.69) is 58.1 Å². The van der Waals surface area contributed by atoms with Crippen molar-refractivity contribution in [2.45, 2.75) is 6.04 Å². The second-order valence-corrected chi connectivity index (χ2v) is 9.02. The lowest BCUT2D eigenvalue weighted by Gasteiger charge is -2.10. The van der Waals surface area contributed by atoms with E-state index >= 15 is 0 Å². The Morgan fingerprint density at radius 2 is 1.51 bits per heavy atom. The first-order valence-corrected chi connectivity index (χ1v) is 12.3. The molecule has 1 atom stereocenters. The normalized spacial score (nSPS) is 15.0. The first-order chi connectivity index (χ1) is 18.3. The maximum atomic E-state index is 6.34. The van der Waals surface area contributed by atoms with E-state index in [-0.39, 0.29) is 6.04 Å². The Kier molecular flexibility index (Phi) is 5.18. The summed E-state index contributed by atoms with van der Waals surface area (Å²) in [6.07, 6.45) is 1.82. The number of aliphatic imine (C=N–C) groups is 1. The highest BCUT2D eigenvalue weighted by Crippen LogP contribution is 2.35. The molecule has 0 bridgehead atoms. The van der Waals surface area contributed by atoms with Gasteiger partial charge in [-0.1, -0.05) is 60.7 Å². The third-order valence-electron chi connectivity index (χ3n) is 6.68. The fourth-order valence-corrected chi connectivity index (χ4v) is 4.95. The molecule has 0 saturated carbocycles. The van der Waals surface area contributed by atoms with Crippen molar-refractivity contribution in [1.29, 1.82) is 0 Å². The summed E-state index contributed by atoms with van der Waals surface area (Å²) >= 11 is 0. The summed E-state index contributed by atoms with van der Waals surface area (Å²) < 4.78 is 14.5. The van der Waals surface area contributed by atoms with Crippen LogP contribution in [-0.2, 0) is 4.74 Å². The molecular formula is C32H23N3O2. The van der Waals surface area contributed by atoms with Crippen molar-refractivity contribution in [3.8, 4) is 17.3 Å². The Morgan fingerprint density at radius 1 is 0.703 bits per heavy atom. The number of hydrogen-bond donors (Lipinski definition) is 0. The number of aromatic nitrogens is 2. The molecule has 0 fully saturated rings. The molecule has 178 valence electrons. The Balaban J connectivity index is 1.24. The van der Waals surface area contributed by atoms with Crippen LogP contribution in [0.15, 0.2) is 126 Å². The van der Waals surface area contributed by atoms with E-state index in [9.17, 15) is 0 Å². The first-order valence-electron chi connectivity index (χ1n) is 12.3. The van der Waals surface area contributed by atoms with E-state index in [0.717, 1.165) is 44.9 Å². The van der Waals surface area contributed by atoms with Crippen LogP contribution >= 0.6 is 0 Å². The molecule has 6 aromatic rings. The van der Waals surface area contributed by atoms with Gasteiger partial charge in [0.25, 0.3) is 0 Å². The van der Waals surface area contributed by atoms with Crippen LogP contribution in [0.3, 0.4) is 0 Å². The summed E-state index contributed by atoms with van der Waals surface area (Å²) in [5, 5.41) is 2.34. The van der Waals surface area contributed by atoms with Gasteiger partial charge in [0, 0.05) is 28.6 Å². The molecule has 0 saturated heterocycles. The molecule has 0 spiro atoms. The molecule has 4 aromatic carbocycles. The molecule has 1 aliphatic rings. The maximum Gasteiger partial charge on any atom is 0.217 e. The largest absolute Gasteiger partial charge is 0.475 e. The Bertz CT molecular complexity index is 1760. The van der Waals surface area contributed by atoms with Gasteiger partial charge in [0.15, 0.2) is 0 Å². The van der Waals surface area contributed by atoms with E-state index in [4.69, 9.17) is 14.5 Å². The van der Waals surface area contributed by atoms with Gasteiger partial charge in [0.1, 0.15) is 30.0 Å². The number of ether oxygens (including phenoxy) is 2. The number of nitrogens with zero attached hydrogens (tertiary/aromatic N) is 3. The van der Waals surface area contributed by atoms with E-state index in [1.165, 1.54) is 5.39 Å². The monoisotopic (exact) mass is 481 g/mol. The lowest BCUT2D eigenvalue weighted by Crippen LogP contribution is -2.01. The van der Waals surface area contributed by atoms with Gasteiger partial charge in [-0.15, -0.1) is 0 Å². The van der Waals surface area contributed by atoms with Gasteiger partial charge in [-0.05, 0) is 54.1 Å². The predicted molar refractivity (Wildman–Crippen MR) is 147 cm³/mol. The lowest BCUT2D eigenvalue weighted by molar-refractivity contribution is 0.319. The van der Waals surface area contributed by atoms with Crippen molar-refractivity contribution in [2.75, 3.05) is 6.61 Å². The molecule has 5 nitrogen and oxygen atoms in total. The predicted octanol–water partition coefficient (Wildman–Crippen LogP) is 7.49. The van der Waals surface area contributed by atoms with Crippen molar-refractivity contribution in [1.82, 2.24) is 9.55 Å². The summed E-state index contributed by atoms with van der Waals surface area (Å²) in [5.74, 6) is 3.00. The minimum atomic E-state index is 0.0108. The van der Waals surface area contributed by atoms with Crippen LogP contribution in [0.25, 0.3) is 27.6 Å². The molecule has 2 aromatic heterocycles. The Labute approximate surface area is 214 Å². The summed E-state index contributed by atoms with van der Waals surface area (Å²) in [6, 6.07) is 38.7. The number of rotatable bonds is 5. The van der Waals surface area contributed by atoms with Gasteiger partial charge in [-0.25, -0.2) is 9.98 Å². The molecule has 0 N–H and O–H groups in total. The fourth-order valence-electron chi connectivity index (χ4n) is 4.95. The third-order valence-corrected chi connectivity index (χ3v) is 6.68.